The molecule has 2 heterocycles. The Balaban J connectivity index is 1.93. The highest BCUT2D eigenvalue weighted by atomic mass is 32.1. The van der Waals surface area contributed by atoms with Gasteiger partial charge in [0.25, 0.3) is 0 Å². The van der Waals surface area contributed by atoms with Gasteiger partial charge in [-0.25, -0.2) is 4.98 Å². The molecule has 1 fully saturated rings. The number of likely N-dealkylation sites (N-methyl/N-ethyl adjacent to an activating group) is 1. The molecule has 16 heavy (non-hydrogen) atoms. The average Bonchev–Trinajstić information content (AvgIpc) is 2.72. The minimum atomic E-state index is 0.149. The van der Waals surface area contributed by atoms with Crippen molar-refractivity contribution in [1.82, 2.24) is 9.88 Å². The molecule has 1 aliphatic rings. The predicted molar refractivity (Wildman–Crippen MR) is 65.8 cm³/mol. The molecule has 0 N–H and O–H groups in total. The number of fused-ring (bicyclic) bond motifs is 1. The van der Waals surface area contributed by atoms with E-state index in [0.717, 1.165) is 30.2 Å². The summed E-state index contributed by atoms with van der Waals surface area (Å²) in [6.45, 7) is 2.76. The number of benzene rings is 1. The number of hydrogen-bond acceptors (Lipinski definition) is 4. The summed E-state index contributed by atoms with van der Waals surface area (Å²) in [5.41, 5.74) is 1.08. The SMILES string of the molecule is CN1CCO[C@H](c2nc3ccccc3s2)C1. The van der Waals surface area contributed by atoms with Crippen LogP contribution >= 0.6 is 11.3 Å². The fraction of sp³-hybridized carbons (Fsp3) is 0.417. The van der Waals surface area contributed by atoms with Crippen molar-refractivity contribution in [2.75, 3.05) is 26.7 Å². The summed E-state index contributed by atoms with van der Waals surface area (Å²) in [4.78, 5) is 6.93. The topological polar surface area (TPSA) is 25.4 Å². The van der Waals surface area contributed by atoms with E-state index >= 15 is 0 Å². The average molecular weight is 234 g/mol. The smallest absolute Gasteiger partial charge is 0.124 e. The van der Waals surface area contributed by atoms with Crippen LogP contribution in [0.15, 0.2) is 24.3 Å². The fourth-order valence-corrected chi connectivity index (χ4v) is 2.96. The summed E-state index contributed by atoms with van der Waals surface area (Å²) < 4.78 is 7.01. The Labute approximate surface area is 98.7 Å². The standard InChI is InChI=1S/C12H14N2OS/c1-14-6-7-15-10(8-14)12-13-9-4-2-3-5-11(9)16-12/h2-5,10H,6-8H2,1H3/t10-/m0/s1. The highest BCUT2D eigenvalue weighted by molar-refractivity contribution is 7.18. The summed E-state index contributed by atoms with van der Waals surface area (Å²) in [7, 11) is 2.13. The molecule has 1 aromatic carbocycles. The third-order valence-corrected chi connectivity index (χ3v) is 3.98. The predicted octanol–water partition coefficient (Wildman–Crippen LogP) is 2.30. The number of ether oxygens (including phenoxy) is 1. The van der Waals surface area contributed by atoms with Gasteiger partial charge < -0.3 is 9.64 Å². The molecule has 3 rings (SSSR count). The van der Waals surface area contributed by atoms with Gasteiger partial charge in [0.15, 0.2) is 0 Å². The monoisotopic (exact) mass is 234 g/mol. The van der Waals surface area contributed by atoms with Gasteiger partial charge in [-0.3, -0.25) is 0 Å². The first kappa shape index (κ1) is 10.2. The molecule has 0 amide bonds. The Kier molecular flexibility index (Phi) is 2.63. The molecule has 4 heteroatoms. The van der Waals surface area contributed by atoms with E-state index in [-0.39, 0.29) is 6.10 Å². The van der Waals surface area contributed by atoms with E-state index in [1.807, 2.05) is 6.07 Å². The van der Waals surface area contributed by atoms with E-state index in [1.54, 1.807) is 11.3 Å². The minimum absolute atomic E-state index is 0.149. The van der Waals surface area contributed by atoms with E-state index in [0.29, 0.717) is 0 Å². The van der Waals surface area contributed by atoms with Crippen LogP contribution in [0.5, 0.6) is 0 Å². The van der Waals surface area contributed by atoms with E-state index in [9.17, 15) is 0 Å². The number of morpholine rings is 1. The fourth-order valence-electron chi connectivity index (χ4n) is 1.96. The number of nitrogens with zero attached hydrogens (tertiary/aromatic N) is 2. The van der Waals surface area contributed by atoms with Crippen LogP contribution in [0.25, 0.3) is 10.2 Å². The van der Waals surface area contributed by atoms with Gasteiger partial charge in [0.1, 0.15) is 11.1 Å². The van der Waals surface area contributed by atoms with E-state index < -0.39 is 0 Å². The molecule has 1 saturated heterocycles. The molecule has 1 aliphatic heterocycles. The zero-order chi connectivity index (χ0) is 11.0. The molecule has 84 valence electrons. The Morgan fingerprint density at radius 1 is 1.44 bits per heavy atom. The van der Waals surface area contributed by atoms with Crippen LogP contribution in [0.2, 0.25) is 0 Å². The van der Waals surface area contributed by atoms with Crippen molar-refractivity contribution in [3.8, 4) is 0 Å². The number of rotatable bonds is 1. The van der Waals surface area contributed by atoms with Crippen LogP contribution in [-0.4, -0.2) is 36.6 Å². The van der Waals surface area contributed by atoms with Crippen LogP contribution in [-0.2, 0) is 4.74 Å². The Bertz CT molecular complexity index is 463. The molecular formula is C12H14N2OS. The summed E-state index contributed by atoms with van der Waals surface area (Å²) in [5, 5.41) is 1.10. The lowest BCUT2D eigenvalue weighted by Gasteiger charge is -2.28. The molecule has 0 bridgehead atoms. The van der Waals surface area contributed by atoms with Crippen LogP contribution in [0, 0.1) is 0 Å². The zero-order valence-electron chi connectivity index (χ0n) is 9.22. The third-order valence-electron chi connectivity index (χ3n) is 2.86. The number of aromatic nitrogens is 1. The molecular weight excluding hydrogens is 220 g/mol. The second kappa shape index (κ2) is 4.13. The summed E-state index contributed by atoms with van der Waals surface area (Å²) in [5.74, 6) is 0. The highest BCUT2D eigenvalue weighted by Gasteiger charge is 2.22. The van der Waals surface area contributed by atoms with Crippen molar-refractivity contribution in [2.24, 2.45) is 0 Å². The van der Waals surface area contributed by atoms with Gasteiger partial charge in [-0.2, -0.15) is 0 Å². The summed E-state index contributed by atoms with van der Waals surface area (Å²) >= 11 is 1.74. The maximum atomic E-state index is 5.77. The van der Waals surface area contributed by atoms with Gasteiger partial charge in [0, 0.05) is 13.1 Å². The quantitative estimate of drug-likeness (QED) is 0.757. The maximum Gasteiger partial charge on any atom is 0.124 e. The van der Waals surface area contributed by atoms with Gasteiger partial charge in [0.2, 0.25) is 0 Å². The normalized spacial score (nSPS) is 22.7. The van der Waals surface area contributed by atoms with Crippen molar-refractivity contribution >= 4 is 21.6 Å². The molecule has 0 radical (unpaired) electrons. The molecule has 1 aromatic heterocycles. The van der Waals surface area contributed by atoms with E-state index in [4.69, 9.17) is 4.74 Å². The van der Waals surface area contributed by atoms with Crippen LogP contribution < -0.4 is 0 Å². The lowest BCUT2D eigenvalue weighted by Crippen LogP contribution is -2.35. The molecule has 0 spiro atoms. The molecule has 2 aromatic rings. The largest absolute Gasteiger partial charge is 0.368 e. The van der Waals surface area contributed by atoms with Crippen LogP contribution in [0.1, 0.15) is 11.1 Å². The Morgan fingerprint density at radius 3 is 3.12 bits per heavy atom. The number of hydrogen-bond donors (Lipinski definition) is 0. The third kappa shape index (κ3) is 1.84. The molecule has 3 nitrogen and oxygen atoms in total. The zero-order valence-corrected chi connectivity index (χ0v) is 10.0. The van der Waals surface area contributed by atoms with Gasteiger partial charge in [-0.15, -0.1) is 11.3 Å². The molecule has 0 aliphatic carbocycles. The van der Waals surface area contributed by atoms with Crippen LogP contribution in [0.4, 0.5) is 0 Å². The minimum Gasteiger partial charge on any atom is -0.368 e. The summed E-state index contributed by atoms with van der Waals surface area (Å²) in [6, 6.07) is 8.25. The van der Waals surface area contributed by atoms with E-state index in [1.165, 1.54) is 4.70 Å². The first-order valence-electron chi connectivity index (χ1n) is 5.48. The lowest BCUT2D eigenvalue weighted by molar-refractivity contribution is -0.0208. The van der Waals surface area contributed by atoms with Crippen molar-refractivity contribution in [1.29, 1.82) is 0 Å². The summed E-state index contributed by atoms with van der Waals surface area (Å²) in [6.07, 6.45) is 0.149. The molecule has 0 unspecified atom stereocenters. The van der Waals surface area contributed by atoms with Crippen molar-refractivity contribution in [3.05, 3.63) is 29.3 Å². The molecule has 1 atom stereocenters. The first-order chi connectivity index (χ1) is 7.83. The van der Waals surface area contributed by atoms with Crippen molar-refractivity contribution in [3.63, 3.8) is 0 Å². The Morgan fingerprint density at radius 2 is 2.31 bits per heavy atom. The maximum absolute atomic E-state index is 5.77. The Hall–Kier alpha value is -0.970. The van der Waals surface area contributed by atoms with Crippen molar-refractivity contribution < 1.29 is 4.74 Å². The lowest BCUT2D eigenvalue weighted by atomic mass is 10.3. The van der Waals surface area contributed by atoms with Gasteiger partial charge in [-0.05, 0) is 19.2 Å². The van der Waals surface area contributed by atoms with Gasteiger partial charge >= 0.3 is 0 Å². The van der Waals surface area contributed by atoms with Gasteiger partial charge in [0.05, 0.1) is 16.8 Å². The highest BCUT2D eigenvalue weighted by Crippen LogP contribution is 2.29. The van der Waals surface area contributed by atoms with Crippen molar-refractivity contribution in [2.45, 2.75) is 6.10 Å². The van der Waals surface area contributed by atoms with Crippen LogP contribution in [0.3, 0.4) is 0 Å². The number of para-hydroxylation sites is 1. The molecule has 0 saturated carbocycles. The second-order valence-corrected chi connectivity index (χ2v) is 5.20. The van der Waals surface area contributed by atoms with Gasteiger partial charge in [-0.1, -0.05) is 12.1 Å². The first-order valence-corrected chi connectivity index (χ1v) is 6.30. The second-order valence-electron chi connectivity index (χ2n) is 4.14. The van der Waals surface area contributed by atoms with E-state index in [2.05, 4.69) is 35.1 Å². The number of thiazole rings is 1.